The van der Waals surface area contributed by atoms with Crippen molar-refractivity contribution >= 4 is 18.3 Å². The van der Waals surface area contributed by atoms with Crippen molar-refractivity contribution in [1.82, 2.24) is 0 Å². The molecule has 0 saturated carbocycles. The molecule has 7 nitrogen and oxygen atoms in total. The number of hydrogen-bond donors (Lipinski definition) is 4. The molecule has 22 heavy (non-hydrogen) atoms. The molecule has 0 aliphatic carbocycles. The first-order valence-corrected chi connectivity index (χ1v) is 6.53. The fraction of sp³-hybridized carbons (Fsp3) is 0.333. The summed E-state index contributed by atoms with van der Waals surface area (Å²) in [5.41, 5.74) is 0.735. The lowest BCUT2D eigenvalue weighted by molar-refractivity contribution is -0.163. The van der Waals surface area contributed by atoms with E-state index in [-0.39, 0.29) is 6.29 Å². The minimum absolute atomic E-state index is 0.131. The van der Waals surface area contributed by atoms with Crippen molar-refractivity contribution in [2.75, 3.05) is 6.61 Å². The summed E-state index contributed by atoms with van der Waals surface area (Å²) >= 11 is 0. The fourth-order valence-electron chi connectivity index (χ4n) is 1.61. The van der Waals surface area contributed by atoms with E-state index in [2.05, 4.69) is 0 Å². The highest BCUT2D eigenvalue weighted by molar-refractivity contribution is 5.88. The minimum Gasteiger partial charge on any atom is -0.449 e. The van der Waals surface area contributed by atoms with E-state index in [0.29, 0.717) is 0 Å². The van der Waals surface area contributed by atoms with Gasteiger partial charge in [-0.1, -0.05) is 30.3 Å². The number of aliphatic hydroxyl groups is 4. The summed E-state index contributed by atoms with van der Waals surface area (Å²) in [7, 11) is 0. The number of rotatable bonds is 8. The molecule has 7 heteroatoms. The Morgan fingerprint density at radius 1 is 1.14 bits per heavy atom. The van der Waals surface area contributed by atoms with Crippen LogP contribution in [0.5, 0.6) is 0 Å². The average Bonchev–Trinajstić information content (AvgIpc) is 2.56. The SMILES string of the molecule is O=C[C@H](OC(=O)/C=C/c1ccccc1)[C@@H](O)[C@H](O)[C@H](O)CO. The molecule has 0 bridgehead atoms. The molecule has 4 N–H and O–H groups in total. The van der Waals surface area contributed by atoms with Gasteiger partial charge in [-0.05, 0) is 11.6 Å². The molecule has 0 amide bonds. The molecule has 0 fully saturated rings. The van der Waals surface area contributed by atoms with Crippen LogP contribution < -0.4 is 0 Å². The van der Waals surface area contributed by atoms with Crippen LogP contribution in [0, 0.1) is 0 Å². The topological polar surface area (TPSA) is 124 Å². The van der Waals surface area contributed by atoms with E-state index in [0.717, 1.165) is 11.6 Å². The molecule has 0 aliphatic heterocycles. The number of aliphatic hydroxyl groups excluding tert-OH is 4. The molecule has 1 aromatic carbocycles. The van der Waals surface area contributed by atoms with Crippen LogP contribution in [0.25, 0.3) is 6.08 Å². The molecule has 0 aliphatic rings. The Kier molecular flexibility index (Phi) is 7.41. The number of esters is 1. The maximum absolute atomic E-state index is 11.6. The molecule has 0 aromatic heterocycles. The van der Waals surface area contributed by atoms with Crippen molar-refractivity contribution in [2.24, 2.45) is 0 Å². The van der Waals surface area contributed by atoms with E-state index >= 15 is 0 Å². The molecular weight excluding hydrogens is 292 g/mol. The molecule has 0 heterocycles. The van der Waals surface area contributed by atoms with Crippen LogP contribution in [0.2, 0.25) is 0 Å². The maximum atomic E-state index is 11.6. The summed E-state index contributed by atoms with van der Waals surface area (Å²) in [5.74, 6) is -0.898. The molecule has 1 rings (SSSR count). The lowest BCUT2D eigenvalue weighted by Crippen LogP contribution is -2.47. The van der Waals surface area contributed by atoms with Crippen LogP contribution >= 0.6 is 0 Å². The predicted octanol–water partition coefficient (Wildman–Crippen LogP) is -1.11. The fourth-order valence-corrected chi connectivity index (χ4v) is 1.61. The second kappa shape index (κ2) is 9.06. The number of benzene rings is 1. The van der Waals surface area contributed by atoms with Gasteiger partial charge in [0, 0.05) is 6.08 Å². The zero-order chi connectivity index (χ0) is 16.5. The zero-order valence-electron chi connectivity index (χ0n) is 11.6. The largest absolute Gasteiger partial charge is 0.449 e. The minimum atomic E-state index is -1.85. The number of hydrogen-bond acceptors (Lipinski definition) is 7. The summed E-state index contributed by atoms with van der Waals surface area (Å²) in [6, 6.07) is 8.85. The summed E-state index contributed by atoms with van der Waals surface area (Å²) in [5, 5.41) is 37.0. The van der Waals surface area contributed by atoms with Crippen molar-refractivity contribution in [1.29, 1.82) is 0 Å². The van der Waals surface area contributed by atoms with Crippen molar-refractivity contribution in [3.63, 3.8) is 0 Å². The third kappa shape index (κ3) is 5.38. The van der Waals surface area contributed by atoms with Gasteiger partial charge >= 0.3 is 5.97 Å². The normalized spacial score (nSPS) is 16.7. The Morgan fingerprint density at radius 2 is 1.77 bits per heavy atom. The monoisotopic (exact) mass is 310 g/mol. The Hall–Kier alpha value is -2.06. The van der Waals surface area contributed by atoms with Crippen LogP contribution in [0.1, 0.15) is 5.56 Å². The molecule has 0 saturated heterocycles. The van der Waals surface area contributed by atoms with Crippen molar-refractivity contribution in [3.05, 3.63) is 42.0 Å². The first kappa shape index (κ1) is 18.0. The molecule has 1 aromatic rings. The molecule has 4 atom stereocenters. The van der Waals surface area contributed by atoms with Gasteiger partial charge in [-0.25, -0.2) is 4.79 Å². The van der Waals surface area contributed by atoms with Crippen molar-refractivity contribution < 1.29 is 34.8 Å². The van der Waals surface area contributed by atoms with Gasteiger partial charge in [-0.2, -0.15) is 0 Å². The highest BCUT2D eigenvalue weighted by Gasteiger charge is 2.33. The van der Waals surface area contributed by atoms with E-state index in [1.54, 1.807) is 24.3 Å². The molecular formula is C15H18O7. The molecule has 120 valence electrons. The third-order valence-electron chi connectivity index (χ3n) is 2.87. The van der Waals surface area contributed by atoms with Crippen LogP contribution in [0.3, 0.4) is 0 Å². The smallest absolute Gasteiger partial charge is 0.331 e. The van der Waals surface area contributed by atoms with Gasteiger partial charge < -0.3 is 25.2 Å². The second-order valence-corrected chi connectivity index (χ2v) is 4.51. The summed E-state index contributed by atoms with van der Waals surface area (Å²) < 4.78 is 4.70. The number of ether oxygens (including phenoxy) is 1. The number of carbonyl (C=O) groups excluding carboxylic acids is 2. The van der Waals surface area contributed by atoms with E-state index in [9.17, 15) is 24.9 Å². The number of carbonyl (C=O) groups is 2. The highest BCUT2D eigenvalue weighted by Crippen LogP contribution is 2.08. The first-order chi connectivity index (χ1) is 10.5. The van der Waals surface area contributed by atoms with Crippen molar-refractivity contribution in [2.45, 2.75) is 24.4 Å². The van der Waals surface area contributed by atoms with Gasteiger partial charge in [0.05, 0.1) is 6.61 Å². The quantitative estimate of drug-likeness (QED) is 0.272. The Labute approximate surface area is 127 Å². The predicted molar refractivity (Wildman–Crippen MR) is 76.5 cm³/mol. The lowest BCUT2D eigenvalue weighted by Gasteiger charge is -2.25. The van der Waals surface area contributed by atoms with Gasteiger partial charge in [0.2, 0.25) is 0 Å². The molecule has 0 unspecified atom stereocenters. The van der Waals surface area contributed by atoms with Crippen LogP contribution in [0.15, 0.2) is 36.4 Å². The Bertz CT molecular complexity index is 500. The first-order valence-electron chi connectivity index (χ1n) is 6.53. The van der Waals surface area contributed by atoms with Crippen molar-refractivity contribution in [3.8, 4) is 0 Å². The lowest BCUT2D eigenvalue weighted by atomic mass is 10.0. The molecule has 0 radical (unpaired) electrons. The standard InChI is InChI=1S/C15H18O7/c16-8-11(18)14(20)15(21)12(9-17)22-13(19)7-6-10-4-2-1-3-5-10/h1-7,9,11-12,14-16,18,20-21H,8H2/b7-6+/t11-,12+,14-,15-/m1/s1. The average molecular weight is 310 g/mol. The van der Waals surface area contributed by atoms with Crippen LogP contribution in [0.4, 0.5) is 0 Å². The van der Waals surface area contributed by atoms with E-state index in [4.69, 9.17) is 9.84 Å². The third-order valence-corrected chi connectivity index (χ3v) is 2.87. The van der Waals surface area contributed by atoms with Gasteiger partial charge in [0.25, 0.3) is 0 Å². The van der Waals surface area contributed by atoms with Gasteiger partial charge in [0.1, 0.15) is 18.3 Å². The van der Waals surface area contributed by atoms with Crippen LogP contribution in [-0.4, -0.2) is 63.7 Å². The van der Waals surface area contributed by atoms with Gasteiger partial charge in [0.15, 0.2) is 12.4 Å². The Morgan fingerprint density at radius 3 is 2.32 bits per heavy atom. The Balaban J connectivity index is 2.63. The van der Waals surface area contributed by atoms with Crippen LogP contribution in [-0.2, 0) is 14.3 Å². The molecule has 0 spiro atoms. The highest BCUT2D eigenvalue weighted by atomic mass is 16.6. The zero-order valence-corrected chi connectivity index (χ0v) is 11.6. The van der Waals surface area contributed by atoms with Gasteiger partial charge in [-0.3, -0.25) is 4.79 Å². The van der Waals surface area contributed by atoms with E-state index in [1.165, 1.54) is 6.08 Å². The maximum Gasteiger partial charge on any atom is 0.331 e. The number of aldehydes is 1. The summed E-state index contributed by atoms with van der Waals surface area (Å²) in [6.07, 6.45) is -4.35. The summed E-state index contributed by atoms with van der Waals surface area (Å²) in [4.78, 5) is 22.4. The van der Waals surface area contributed by atoms with Gasteiger partial charge in [-0.15, -0.1) is 0 Å². The van der Waals surface area contributed by atoms with E-state index in [1.807, 2.05) is 6.07 Å². The second-order valence-electron chi connectivity index (χ2n) is 4.51. The summed E-state index contributed by atoms with van der Waals surface area (Å²) in [6.45, 7) is -0.814. The van der Waals surface area contributed by atoms with E-state index < -0.39 is 37.0 Å².